The van der Waals surface area contributed by atoms with Crippen molar-refractivity contribution in [2.45, 2.75) is 55.4 Å². The summed E-state index contributed by atoms with van der Waals surface area (Å²) in [5, 5.41) is 26.1. The van der Waals surface area contributed by atoms with Crippen molar-refractivity contribution in [1.82, 2.24) is 16.0 Å². The molecule has 0 bridgehead atoms. The highest BCUT2D eigenvalue weighted by atomic mass is 19.1. The molecule has 0 unspecified atom stereocenters. The SMILES string of the molecule is Cc1c(F)cc(C(=O)NCCO)cc1-c1ccc(C(=O)NCC(C)(C)C)cc1C(N)=O.Cc1c(F)cc(C(=O)O)cc1-c1ccc(C(=O)NCC(C)(C)C)cc1C(N)=O. The summed E-state index contributed by atoms with van der Waals surface area (Å²) < 4.78 is 28.7. The van der Waals surface area contributed by atoms with Gasteiger partial charge in [-0.15, -0.1) is 0 Å². The smallest absolute Gasteiger partial charge is 0.335 e. The van der Waals surface area contributed by atoms with Gasteiger partial charge in [-0.05, 0) is 107 Å². The Kier molecular flexibility index (Phi) is 15.3. The molecule has 0 spiro atoms. The van der Waals surface area contributed by atoms with Crippen molar-refractivity contribution in [3.8, 4) is 22.3 Å². The Morgan fingerprint density at radius 3 is 1.29 bits per heavy atom. The maximum atomic E-state index is 14.6. The minimum atomic E-state index is -1.29. The van der Waals surface area contributed by atoms with E-state index >= 15 is 0 Å². The number of hydrogen-bond acceptors (Lipinski definition) is 7. The molecule has 0 heterocycles. The zero-order valence-corrected chi connectivity index (χ0v) is 34.4. The van der Waals surface area contributed by atoms with Crippen molar-refractivity contribution in [2.75, 3.05) is 26.2 Å². The van der Waals surface area contributed by atoms with Gasteiger partial charge in [0.05, 0.1) is 12.2 Å². The van der Waals surface area contributed by atoms with Crippen molar-refractivity contribution >= 4 is 35.5 Å². The van der Waals surface area contributed by atoms with Gasteiger partial charge in [-0.3, -0.25) is 24.0 Å². The van der Waals surface area contributed by atoms with Gasteiger partial charge in [-0.2, -0.15) is 0 Å². The number of aliphatic hydroxyl groups is 1. The lowest BCUT2D eigenvalue weighted by molar-refractivity contribution is 0.0695. The molecule has 4 aromatic rings. The number of carboxylic acids is 1. The van der Waals surface area contributed by atoms with Gasteiger partial charge in [0.2, 0.25) is 11.8 Å². The van der Waals surface area contributed by atoms with Crippen molar-refractivity contribution < 1.29 is 47.8 Å². The summed E-state index contributed by atoms with van der Waals surface area (Å²) >= 11 is 0. The van der Waals surface area contributed by atoms with Crippen LogP contribution in [-0.2, 0) is 0 Å². The molecule has 0 aliphatic carbocycles. The van der Waals surface area contributed by atoms with Crippen LogP contribution in [0.15, 0.2) is 60.7 Å². The third kappa shape index (κ3) is 12.8. The van der Waals surface area contributed by atoms with Crippen LogP contribution in [0.4, 0.5) is 8.78 Å². The number of rotatable bonds is 12. The number of hydrogen-bond donors (Lipinski definition) is 7. The highest BCUT2D eigenvalue weighted by Gasteiger charge is 2.22. The molecule has 59 heavy (non-hydrogen) atoms. The van der Waals surface area contributed by atoms with Gasteiger partial charge in [0, 0.05) is 47.5 Å². The van der Waals surface area contributed by atoms with E-state index in [4.69, 9.17) is 16.6 Å². The first kappa shape index (κ1) is 46.9. The molecule has 0 radical (unpaired) electrons. The fourth-order valence-electron chi connectivity index (χ4n) is 5.59. The number of nitrogens with one attached hydrogen (secondary N) is 3. The Hall–Kier alpha value is -6.48. The van der Waals surface area contributed by atoms with Crippen LogP contribution in [-0.4, -0.2) is 72.0 Å². The van der Waals surface area contributed by atoms with Crippen LogP contribution in [0.1, 0.15) is 115 Å². The third-order valence-corrected chi connectivity index (χ3v) is 8.83. The van der Waals surface area contributed by atoms with E-state index in [1.807, 2.05) is 41.5 Å². The predicted octanol–water partition coefficient (Wildman–Crippen LogP) is 5.77. The first-order valence-electron chi connectivity index (χ1n) is 18.5. The van der Waals surface area contributed by atoms with Gasteiger partial charge in [0.15, 0.2) is 0 Å². The molecule has 0 fully saturated rings. The number of primary amides is 2. The average Bonchev–Trinajstić information content (AvgIpc) is 3.16. The van der Waals surface area contributed by atoms with E-state index in [0.717, 1.165) is 12.1 Å². The number of benzene rings is 4. The lowest BCUT2D eigenvalue weighted by atomic mass is 9.92. The molecule has 0 saturated heterocycles. The highest BCUT2D eigenvalue weighted by Crippen LogP contribution is 2.32. The van der Waals surface area contributed by atoms with Gasteiger partial charge >= 0.3 is 5.97 Å². The largest absolute Gasteiger partial charge is 0.478 e. The quantitative estimate of drug-likeness (QED) is 0.0926. The van der Waals surface area contributed by atoms with Crippen molar-refractivity contribution in [3.05, 3.63) is 117 Å². The van der Waals surface area contributed by atoms with Gasteiger partial charge in [-0.25, -0.2) is 13.6 Å². The van der Waals surface area contributed by atoms with Crippen LogP contribution in [0.5, 0.6) is 0 Å². The molecule has 4 rings (SSSR count). The number of amides is 5. The summed E-state index contributed by atoms with van der Waals surface area (Å²) in [7, 11) is 0. The van der Waals surface area contributed by atoms with Crippen LogP contribution in [0, 0.1) is 36.3 Å². The molecule has 0 aliphatic rings. The second-order valence-electron chi connectivity index (χ2n) is 16.3. The van der Waals surface area contributed by atoms with E-state index < -0.39 is 35.3 Å². The van der Waals surface area contributed by atoms with E-state index in [-0.39, 0.29) is 91.4 Å². The number of carboxylic acid groups (broad SMARTS) is 1. The Balaban J connectivity index is 0.000000317. The molecule has 314 valence electrons. The number of aromatic carboxylic acids is 1. The van der Waals surface area contributed by atoms with Crippen molar-refractivity contribution in [2.24, 2.45) is 22.3 Å². The van der Waals surface area contributed by atoms with E-state index in [2.05, 4.69) is 16.0 Å². The summed E-state index contributed by atoms with van der Waals surface area (Å²) in [5.41, 5.74) is 12.6. The van der Waals surface area contributed by atoms with E-state index in [0.29, 0.717) is 24.2 Å². The second-order valence-corrected chi connectivity index (χ2v) is 16.3. The van der Waals surface area contributed by atoms with Gasteiger partial charge in [-0.1, -0.05) is 53.7 Å². The molecule has 0 aromatic heterocycles. The maximum Gasteiger partial charge on any atom is 0.335 e. The predicted molar refractivity (Wildman–Crippen MR) is 220 cm³/mol. The molecule has 0 atom stereocenters. The molecule has 0 aliphatic heterocycles. The summed E-state index contributed by atoms with van der Waals surface area (Å²) in [6.07, 6.45) is 0. The molecule has 15 heteroatoms. The molecule has 13 nitrogen and oxygen atoms in total. The Morgan fingerprint density at radius 1 is 0.559 bits per heavy atom. The number of nitrogens with two attached hydrogens (primary N) is 2. The zero-order valence-electron chi connectivity index (χ0n) is 34.4. The molecule has 0 saturated carbocycles. The molecule has 4 aromatic carbocycles. The summed E-state index contributed by atoms with van der Waals surface area (Å²) in [6.45, 7) is 15.5. The lowest BCUT2D eigenvalue weighted by Crippen LogP contribution is -2.32. The first-order valence-corrected chi connectivity index (χ1v) is 18.5. The molecular weight excluding hydrogens is 765 g/mol. The zero-order chi connectivity index (χ0) is 44.6. The standard InChI is InChI=1S/C23H28FN3O4.C21H23FN2O4/c1-13-17(10-15(11-19(13)24)22(31)26-7-8-28)16-6-5-14(9-18(16)20(25)29)21(30)27-12-23(2,3)4;1-11-15(8-13(20(27)28)9-17(11)22)14-6-5-12(7-16(14)18(23)25)19(26)24-10-21(2,3)4/h5-6,9-11,28H,7-8,12H2,1-4H3,(H2,25,29)(H,26,31)(H,27,30);5-9H,10H2,1-4H3,(H2,23,25)(H,24,26)(H,27,28). The average molecular weight is 816 g/mol. The van der Waals surface area contributed by atoms with Crippen LogP contribution >= 0.6 is 0 Å². The van der Waals surface area contributed by atoms with Crippen molar-refractivity contribution in [1.29, 1.82) is 0 Å². The summed E-state index contributed by atoms with van der Waals surface area (Å²) in [5.74, 6) is -5.51. The third-order valence-electron chi connectivity index (χ3n) is 8.83. The van der Waals surface area contributed by atoms with Crippen LogP contribution in [0.2, 0.25) is 0 Å². The topological polar surface area (TPSA) is 231 Å². The number of aliphatic hydroxyl groups excluding tert-OH is 1. The van der Waals surface area contributed by atoms with E-state index in [1.165, 1.54) is 62.4 Å². The van der Waals surface area contributed by atoms with Gasteiger partial charge in [0.1, 0.15) is 11.6 Å². The highest BCUT2D eigenvalue weighted by molar-refractivity contribution is 6.06. The molecular formula is C44H51F2N5O8. The fraction of sp³-hybridized carbons (Fsp3) is 0.318. The van der Waals surface area contributed by atoms with Crippen LogP contribution in [0.25, 0.3) is 22.3 Å². The van der Waals surface area contributed by atoms with Gasteiger partial charge < -0.3 is 37.6 Å². The number of halogens is 2. The number of carbonyl (C=O) groups excluding carboxylic acids is 5. The monoisotopic (exact) mass is 815 g/mol. The number of carbonyl (C=O) groups is 6. The molecule has 5 amide bonds. The Morgan fingerprint density at radius 2 is 0.932 bits per heavy atom. The fourth-order valence-corrected chi connectivity index (χ4v) is 5.59. The van der Waals surface area contributed by atoms with E-state index in [9.17, 15) is 42.7 Å². The Bertz CT molecular complexity index is 2290. The van der Waals surface area contributed by atoms with Gasteiger partial charge in [0.25, 0.3) is 17.7 Å². The summed E-state index contributed by atoms with van der Waals surface area (Å²) in [6, 6.07) is 13.4. The Labute approximate surface area is 341 Å². The minimum Gasteiger partial charge on any atom is -0.478 e. The second kappa shape index (κ2) is 19.3. The molecule has 9 N–H and O–H groups in total. The minimum absolute atomic E-state index is 0.00782. The summed E-state index contributed by atoms with van der Waals surface area (Å²) in [4.78, 5) is 72.5. The van der Waals surface area contributed by atoms with Crippen LogP contribution in [0.3, 0.4) is 0 Å². The maximum absolute atomic E-state index is 14.6. The normalized spacial score (nSPS) is 11.2. The van der Waals surface area contributed by atoms with E-state index in [1.54, 1.807) is 0 Å². The first-order chi connectivity index (χ1) is 27.3. The van der Waals surface area contributed by atoms with Crippen LogP contribution < -0.4 is 27.4 Å². The van der Waals surface area contributed by atoms with Crippen molar-refractivity contribution in [3.63, 3.8) is 0 Å². The lowest BCUT2D eigenvalue weighted by Gasteiger charge is -2.19.